The molecule has 1 aromatic carbocycles. The number of nitrogens with zero attached hydrogens (tertiary/aromatic N) is 4. The van der Waals surface area contributed by atoms with E-state index in [0.717, 1.165) is 19.6 Å². The highest BCUT2D eigenvalue weighted by Crippen LogP contribution is 2.29. The lowest BCUT2D eigenvalue weighted by Crippen LogP contribution is -2.25. The van der Waals surface area contributed by atoms with Crippen molar-refractivity contribution >= 4 is 17.3 Å². The molecule has 0 N–H and O–H groups in total. The number of rotatable bonds is 5. The summed E-state index contributed by atoms with van der Waals surface area (Å²) in [6.45, 7) is 3.87. The molecule has 0 unspecified atom stereocenters. The Morgan fingerprint density at radius 1 is 1.39 bits per heavy atom. The van der Waals surface area contributed by atoms with E-state index in [4.69, 9.17) is 21.9 Å². The van der Waals surface area contributed by atoms with Crippen molar-refractivity contribution < 1.29 is 4.74 Å². The van der Waals surface area contributed by atoms with Crippen molar-refractivity contribution in [1.82, 2.24) is 4.90 Å². The molecule has 1 aliphatic rings. The minimum Gasteiger partial charge on any atom is -0.491 e. The van der Waals surface area contributed by atoms with Crippen LogP contribution in [0.25, 0.3) is 10.4 Å². The third kappa shape index (κ3) is 3.53. The highest BCUT2D eigenvalue weighted by Gasteiger charge is 2.11. The van der Waals surface area contributed by atoms with Crippen molar-refractivity contribution in [2.75, 3.05) is 26.2 Å². The molecule has 0 radical (unpaired) electrons. The van der Waals surface area contributed by atoms with E-state index < -0.39 is 0 Å². The van der Waals surface area contributed by atoms with Gasteiger partial charge >= 0.3 is 0 Å². The van der Waals surface area contributed by atoms with Gasteiger partial charge in [-0.05, 0) is 49.7 Å². The summed E-state index contributed by atoms with van der Waals surface area (Å²) in [6, 6.07) is 5.03. The average molecular weight is 267 g/mol. The second-order valence-corrected chi connectivity index (χ2v) is 4.61. The predicted octanol–water partition coefficient (Wildman–Crippen LogP) is 3.76. The van der Waals surface area contributed by atoms with E-state index in [2.05, 4.69) is 14.9 Å². The van der Waals surface area contributed by atoms with Crippen LogP contribution in [0.1, 0.15) is 12.8 Å². The Morgan fingerprint density at radius 3 is 2.83 bits per heavy atom. The van der Waals surface area contributed by atoms with Crippen molar-refractivity contribution in [2.24, 2.45) is 5.11 Å². The lowest BCUT2D eigenvalue weighted by Gasteiger charge is -2.15. The first-order valence-electron chi connectivity index (χ1n) is 5.99. The zero-order valence-electron chi connectivity index (χ0n) is 10.0. The summed E-state index contributed by atoms with van der Waals surface area (Å²) in [5.74, 6) is 0.632. The van der Waals surface area contributed by atoms with Gasteiger partial charge in [0.25, 0.3) is 0 Å². The van der Waals surface area contributed by atoms with Crippen LogP contribution in [0.3, 0.4) is 0 Å². The molecule has 0 saturated carbocycles. The lowest BCUT2D eigenvalue weighted by atomic mass is 10.3. The van der Waals surface area contributed by atoms with E-state index >= 15 is 0 Å². The van der Waals surface area contributed by atoms with Gasteiger partial charge in [-0.2, -0.15) is 0 Å². The predicted molar refractivity (Wildman–Crippen MR) is 71.4 cm³/mol. The molecule has 0 atom stereocenters. The summed E-state index contributed by atoms with van der Waals surface area (Å²) < 4.78 is 5.62. The highest BCUT2D eigenvalue weighted by molar-refractivity contribution is 6.32. The molecule has 1 heterocycles. The average Bonchev–Trinajstić information content (AvgIpc) is 2.85. The zero-order valence-corrected chi connectivity index (χ0v) is 10.8. The first-order valence-corrected chi connectivity index (χ1v) is 6.37. The number of benzene rings is 1. The fourth-order valence-electron chi connectivity index (χ4n) is 2.01. The molecule has 96 valence electrons. The van der Waals surface area contributed by atoms with Gasteiger partial charge in [-0.25, -0.2) is 0 Å². The van der Waals surface area contributed by atoms with Gasteiger partial charge in [0, 0.05) is 17.1 Å². The molecule has 1 aromatic rings. The second-order valence-electron chi connectivity index (χ2n) is 4.20. The van der Waals surface area contributed by atoms with E-state index in [1.54, 1.807) is 18.2 Å². The van der Waals surface area contributed by atoms with E-state index in [1.165, 1.54) is 12.8 Å². The maximum Gasteiger partial charge on any atom is 0.137 e. The summed E-state index contributed by atoms with van der Waals surface area (Å²) >= 11 is 6.04. The van der Waals surface area contributed by atoms with E-state index in [9.17, 15) is 0 Å². The first-order chi connectivity index (χ1) is 8.79. The highest BCUT2D eigenvalue weighted by atomic mass is 35.5. The molecule has 0 spiro atoms. The molecule has 0 aromatic heterocycles. The maximum absolute atomic E-state index is 8.32. The van der Waals surface area contributed by atoms with E-state index in [-0.39, 0.29) is 0 Å². The smallest absolute Gasteiger partial charge is 0.137 e. The molecular weight excluding hydrogens is 252 g/mol. The summed E-state index contributed by atoms with van der Waals surface area (Å²) in [5.41, 5.74) is 8.82. The van der Waals surface area contributed by atoms with Crippen LogP contribution < -0.4 is 4.74 Å². The number of ether oxygens (including phenoxy) is 1. The number of halogens is 1. The molecule has 0 amide bonds. The van der Waals surface area contributed by atoms with Gasteiger partial charge in [-0.15, -0.1) is 0 Å². The van der Waals surface area contributed by atoms with Crippen LogP contribution in [-0.4, -0.2) is 31.1 Å². The van der Waals surface area contributed by atoms with Gasteiger partial charge in [0.1, 0.15) is 12.4 Å². The molecule has 5 nitrogen and oxygen atoms in total. The molecule has 6 heteroatoms. The SMILES string of the molecule is [N-]=[N+]=Nc1ccc(OCCN2CCCC2)c(Cl)c1. The largest absolute Gasteiger partial charge is 0.491 e. The van der Waals surface area contributed by atoms with Crippen LogP contribution in [0.4, 0.5) is 5.69 Å². The Hall–Kier alpha value is -1.42. The lowest BCUT2D eigenvalue weighted by molar-refractivity contribution is 0.238. The summed E-state index contributed by atoms with van der Waals surface area (Å²) in [6.07, 6.45) is 2.56. The standard InChI is InChI=1S/C12H15ClN4O/c13-11-9-10(15-16-14)3-4-12(11)18-8-7-17-5-1-2-6-17/h3-4,9H,1-2,5-8H2. The molecule has 0 aliphatic carbocycles. The fraction of sp³-hybridized carbons (Fsp3) is 0.500. The van der Waals surface area contributed by atoms with Gasteiger partial charge in [0.05, 0.1) is 5.02 Å². The minimum absolute atomic E-state index is 0.473. The van der Waals surface area contributed by atoms with E-state index in [0.29, 0.717) is 23.1 Å². The third-order valence-electron chi connectivity index (χ3n) is 2.94. The van der Waals surface area contributed by atoms with Crippen molar-refractivity contribution in [2.45, 2.75) is 12.8 Å². The van der Waals surface area contributed by atoms with Crippen LogP contribution in [-0.2, 0) is 0 Å². The van der Waals surface area contributed by atoms with Gasteiger partial charge in [-0.1, -0.05) is 16.7 Å². The Labute approximate surface area is 111 Å². The zero-order chi connectivity index (χ0) is 12.8. The van der Waals surface area contributed by atoms with Crippen molar-refractivity contribution in [3.05, 3.63) is 33.7 Å². The van der Waals surface area contributed by atoms with Gasteiger partial charge < -0.3 is 4.74 Å². The topological polar surface area (TPSA) is 61.2 Å². The Morgan fingerprint density at radius 2 is 2.17 bits per heavy atom. The van der Waals surface area contributed by atoms with Crippen molar-refractivity contribution in [1.29, 1.82) is 0 Å². The number of azide groups is 1. The monoisotopic (exact) mass is 266 g/mol. The summed E-state index contributed by atoms with van der Waals surface area (Å²) in [7, 11) is 0. The van der Waals surface area contributed by atoms with E-state index in [1.807, 2.05) is 0 Å². The van der Waals surface area contributed by atoms with Crippen LogP contribution in [0.15, 0.2) is 23.3 Å². The fourth-order valence-corrected chi connectivity index (χ4v) is 2.24. The molecule has 1 saturated heterocycles. The summed E-state index contributed by atoms with van der Waals surface area (Å²) in [5, 5.41) is 3.96. The van der Waals surface area contributed by atoms with Crippen LogP contribution in [0.5, 0.6) is 5.75 Å². The van der Waals surface area contributed by atoms with Crippen LogP contribution >= 0.6 is 11.6 Å². The molecule has 1 aliphatic heterocycles. The minimum atomic E-state index is 0.473. The second kappa shape index (κ2) is 6.50. The third-order valence-corrected chi connectivity index (χ3v) is 3.23. The van der Waals surface area contributed by atoms with Gasteiger partial charge in [-0.3, -0.25) is 4.90 Å². The van der Waals surface area contributed by atoms with Crippen LogP contribution in [0, 0.1) is 0 Å². The van der Waals surface area contributed by atoms with Crippen molar-refractivity contribution in [3.8, 4) is 5.75 Å². The number of hydrogen-bond donors (Lipinski definition) is 0. The molecular formula is C12H15ClN4O. The Balaban J connectivity index is 1.86. The molecule has 2 rings (SSSR count). The number of hydrogen-bond acceptors (Lipinski definition) is 3. The summed E-state index contributed by atoms with van der Waals surface area (Å²) in [4.78, 5) is 5.09. The molecule has 18 heavy (non-hydrogen) atoms. The Kier molecular flexibility index (Phi) is 4.70. The molecule has 0 bridgehead atoms. The number of likely N-dealkylation sites (tertiary alicyclic amines) is 1. The van der Waals surface area contributed by atoms with Gasteiger partial charge in [0.15, 0.2) is 0 Å². The molecule has 1 fully saturated rings. The van der Waals surface area contributed by atoms with Gasteiger partial charge in [0.2, 0.25) is 0 Å². The normalized spacial score (nSPS) is 15.4. The first kappa shape index (κ1) is 13.0. The van der Waals surface area contributed by atoms with Crippen molar-refractivity contribution in [3.63, 3.8) is 0 Å². The quantitative estimate of drug-likeness (QED) is 0.463. The Bertz CT molecular complexity index is 453. The van der Waals surface area contributed by atoms with Crippen LogP contribution in [0.2, 0.25) is 5.02 Å². The maximum atomic E-state index is 8.32.